The number of carbonyl (C=O) groups is 1. The van der Waals surface area contributed by atoms with Crippen LogP contribution in [0.5, 0.6) is 0 Å². The Bertz CT molecular complexity index is 725. The third-order valence-corrected chi connectivity index (χ3v) is 4.69. The smallest absolute Gasteiger partial charge is 0.238 e. The van der Waals surface area contributed by atoms with Gasteiger partial charge in [0.15, 0.2) is 0 Å². The molecule has 25 heavy (non-hydrogen) atoms. The maximum Gasteiger partial charge on any atom is 0.238 e. The second-order valence-electron chi connectivity index (χ2n) is 6.60. The second kappa shape index (κ2) is 7.61. The Hall–Kier alpha value is -2.47. The maximum atomic E-state index is 12.2. The number of carbonyl (C=O) groups excluding carboxylic acids is 1. The van der Waals surface area contributed by atoms with Crippen molar-refractivity contribution in [2.75, 3.05) is 36.9 Å². The number of benzene rings is 1. The second-order valence-corrected chi connectivity index (χ2v) is 6.60. The van der Waals surface area contributed by atoms with Crippen LogP contribution in [0, 0.1) is 6.92 Å². The molecule has 132 valence electrons. The Morgan fingerprint density at radius 1 is 1.32 bits per heavy atom. The first kappa shape index (κ1) is 17.4. The summed E-state index contributed by atoms with van der Waals surface area (Å²) in [5.41, 5.74) is 3.20. The third kappa shape index (κ3) is 4.14. The number of amides is 1. The molecule has 1 aliphatic heterocycles. The van der Waals surface area contributed by atoms with Gasteiger partial charge >= 0.3 is 0 Å². The first-order valence-electron chi connectivity index (χ1n) is 8.67. The molecule has 0 saturated carbocycles. The summed E-state index contributed by atoms with van der Waals surface area (Å²) in [5, 5.41) is 2.96. The van der Waals surface area contributed by atoms with E-state index in [1.807, 2.05) is 44.4 Å². The lowest BCUT2D eigenvalue weighted by Crippen LogP contribution is -2.60. The molecular formula is C19H25N5O. The SMILES string of the molecule is CCc1ccc(NC(=O)CN(C)C2CN(c3ncncc3C)C2)cc1. The number of hydrogen-bond acceptors (Lipinski definition) is 5. The van der Waals surface area contributed by atoms with Crippen molar-refractivity contribution in [3.63, 3.8) is 0 Å². The van der Waals surface area contributed by atoms with Crippen LogP contribution in [-0.2, 0) is 11.2 Å². The van der Waals surface area contributed by atoms with Crippen molar-refractivity contribution >= 4 is 17.4 Å². The van der Waals surface area contributed by atoms with Gasteiger partial charge in [-0.15, -0.1) is 0 Å². The van der Waals surface area contributed by atoms with Crippen molar-refractivity contribution in [3.05, 3.63) is 47.9 Å². The van der Waals surface area contributed by atoms with Gasteiger partial charge in [-0.05, 0) is 38.1 Å². The molecule has 0 bridgehead atoms. The van der Waals surface area contributed by atoms with E-state index in [2.05, 4.69) is 32.0 Å². The van der Waals surface area contributed by atoms with Crippen LogP contribution in [0.1, 0.15) is 18.1 Å². The largest absolute Gasteiger partial charge is 0.353 e. The zero-order valence-corrected chi connectivity index (χ0v) is 15.1. The Balaban J connectivity index is 1.47. The summed E-state index contributed by atoms with van der Waals surface area (Å²) in [7, 11) is 1.99. The lowest BCUT2D eigenvalue weighted by atomic mass is 10.1. The fourth-order valence-electron chi connectivity index (χ4n) is 3.01. The van der Waals surface area contributed by atoms with E-state index >= 15 is 0 Å². The normalized spacial score (nSPS) is 14.5. The van der Waals surface area contributed by atoms with Crippen LogP contribution in [0.15, 0.2) is 36.8 Å². The molecule has 1 fully saturated rings. The van der Waals surface area contributed by atoms with Crippen LogP contribution < -0.4 is 10.2 Å². The molecule has 3 rings (SSSR count). The van der Waals surface area contributed by atoms with Crippen molar-refractivity contribution in [1.82, 2.24) is 14.9 Å². The maximum absolute atomic E-state index is 12.2. The van der Waals surface area contributed by atoms with Crippen molar-refractivity contribution in [2.24, 2.45) is 0 Å². The minimum absolute atomic E-state index is 0.0171. The van der Waals surface area contributed by atoms with Gasteiger partial charge in [0.05, 0.1) is 6.54 Å². The molecule has 6 nitrogen and oxygen atoms in total. The summed E-state index contributed by atoms with van der Waals surface area (Å²) >= 11 is 0. The van der Waals surface area contributed by atoms with Gasteiger partial charge in [0.2, 0.25) is 5.91 Å². The quantitative estimate of drug-likeness (QED) is 0.873. The fourth-order valence-corrected chi connectivity index (χ4v) is 3.01. The first-order chi connectivity index (χ1) is 12.1. The van der Waals surface area contributed by atoms with E-state index in [0.29, 0.717) is 12.6 Å². The Kier molecular flexibility index (Phi) is 5.28. The van der Waals surface area contributed by atoms with Gasteiger partial charge in [0.1, 0.15) is 12.1 Å². The van der Waals surface area contributed by atoms with Gasteiger partial charge < -0.3 is 10.2 Å². The number of aromatic nitrogens is 2. The van der Waals surface area contributed by atoms with E-state index in [0.717, 1.165) is 36.6 Å². The van der Waals surface area contributed by atoms with Gasteiger partial charge in [-0.2, -0.15) is 0 Å². The Labute approximate surface area is 148 Å². The van der Waals surface area contributed by atoms with E-state index in [-0.39, 0.29) is 5.91 Å². The van der Waals surface area contributed by atoms with Crippen LogP contribution in [0.3, 0.4) is 0 Å². The minimum atomic E-state index is 0.0171. The minimum Gasteiger partial charge on any atom is -0.353 e. The summed E-state index contributed by atoms with van der Waals surface area (Å²) in [6, 6.07) is 8.38. The van der Waals surface area contributed by atoms with Gasteiger partial charge in [-0.3, -0.25) is 9.69 Å². The van der Waals surface area contributed by atoms with Crippen LogP contribution in [0.2, 0.25) is 0 Å². The number of aryl methyl sites for hydroxylation is 2. The number of hydrogen-bond donors (Lipinski definition) is 1. The molecule has 1 saturated heterocycles. The van der Waals surface area contributed by atoms with Crippen molar-refractivity contribution < 1.29 is 4.79 Å². The zero-order valence-electron chi connectivity index (χ0n) is 15.1. The van der Waals surface area contributed by atoms with Gasteiger partial charge in [-0.1, -0.05) is 19.1 Å². The van der Waals surface area contributed by atoms with Crippen LogP contribution >= 0.6 is 0 Å². The molecule has 0 aliphatic carbocycles. The van der Waals surface area contributed by atoms with Crippen LogP contribution in [-0.4, -0.2) is 53.5 Å². The number of nitrogens with zero attached hydrogens (tertiary/aromatic N) is 4. The highest BCUT2D eigenvalue weighted by Gasteiger charge is 2.32. The molecule has 0 atom stereocenters. The molecular weight excluding hydrogens is 314 g/mol. The predicted molar refractivity (Wildman–Crippen MR) is 99.8 cm³/mol. The molecule has 1 aromatic heterocycles. The van der Waals surface area contributed by atoms with E-state index in [1.54, 1.807) is 6.33 Å². The molecule has 0 radical (unpaired) electrons. The molecule has 1 aromatic carbocycles. The van der Waals surface area contributed by atoms with Crippen molar-refractivity contribution in [1.29, 1.82) is 0 Å². The highest BCUT2D eigenvalue weighted by Crippen LogP contribution is 2.23. The van der Waals surface area contributed by atoms with E-state index in [9.17, 15) is 4.79 Å². The van der Waals surface area contributed by atoms with Crippen LogP contribution in [0.25, 0.3) is 0 Å². The van der Waals surface area contributed by atoms with Crippen molar-refractivity contribution in [3.8, 4) is 0 Å². The molecule has 2 heterocycles. The Morgan fingerprint density at radius 2 is 2.04 bits per heavy atom. The molecule has 0 unspecified atom stereocenters. The topological polar surface area (TPSA) is 61.4 Å². The van der Waals surface area contributed by atoms with Crippen molar-refractivity contribution in [2.45, 2.75) is 26.3 Å². The fraction of sp³-hybridized carbons (Fsp3) is 0.421. The average molecular weight is 339 g/mol. The number of rotatable bonds is 6. The monoisotopic (exact) mass is 339 g/mol. The molecule has 2 aromatic rings. The van der Waals surface area contributed by atoms with Gasteiger partial charge in [-0.25, -0.2) is 9.97 Å². The summed E-state index contributed by atoms with van der Waals surface area (Å²) < 4.78 is 0. The number of likely N-dealkylation sites (N-methyl/N-ethyl adjacent to an activating group) is 1. The standard InChI is InChI=1S/C19H25N5O/c1-4-15-5-7-16(8-6-15)22-18(25)12-23(3)17-10-24(11-17)19-14(2)9-20-13-21-19/h5-9,13,17H,4,10-12H2,1-3H3,(H,22,25). The molecule has 1 amide bonds. The van der Waals surface area contributed by atoms with Crippen LogP contribution in [0.4, 0.5) is 11.5 Å². The zero-order chi connectivity index (χ0) is 17.8. The van der Waals surface area contributed by atoms with Gasteiger partial charge in [0.25, 0.3) is 0 Å². The molecule has 1 N–H and O–H groups in total. The summed E-state index contributed by atoms with van der Waals surface area (Å²) in [5.74, 6) is 1.00. The molecule has 1 aliphatic rings. The molecule has 6 heteroatoms. The van der Waals surface area contributed by atoms with E-state index in [1.165, 1.54) is 5.56 Å². The first-order valence-corrected chi connectivity index (χ1v) is 8.67. The Morgan fingerprint density at radius 3 is 2.68 bits per heavy atom. The number of anilines is 2. The van der Waals surface area contributed by atoms with E-state index in [4.69, 9.17) is 0 Å². The lowest BCUT2D eigenvalue weighted by Gasteiger charge is -2.44. The summed E-state index contributed by atoms with van der Waals surface area (Å²) in [6.07, 6.45) is 4.41. The summed E-state index contributed by atoms with van der Waals surface area (Å²) in [6.45, 7) is 6.29. The highest BCUT2D eigenvalue weighted by molar-refractivity contribution is 5.92. The number of nitrogens with one attached hydrogen (secondary N) is 1. The average Bonchev–Trinajstić information content (AvgIpc) is 2.56. The predicted octanol–water partition coefficient (Wildman–Crippen LogP) is 2.11. The highest BCUT2D eigenvalue weighted by atomic mass is 16.2. The lowest BCUT2D eigenvalue weighted by molar-refractivity contribution is -0.117. The third-order valence-electron chi connectivity index (χ3n) is 4.69. The van der Waals surface area contributed by atoms with E-state index < -0.39 is 0 Å². The summed E-state index contributed by atoms with van der Waals surface area (Å²) in [4.78, 5) is 24.9. The van der Waals surface area contributed by atoms with Gasteiger partial charge in [0, 0.05) is 36.6 Å². The molecule has 0 spiro atoms.